The fourth-order valence-electron chi connectivity index (χ4n) is 1.47. The van der Waals surface area contributed by atoms with Crippen LogP contribution in [-0.2, 0) is 0 Å². The average Bonchev–Trinajstić information content (AvgIpc) is 2.56. The van der Waals surface area contributed by atoms with E-state index in [1.807, 2.05) is 26.8 Å². The molecule has 2 rings (SSSR count). The number of carbonyl (C=O) groups is 1. The molecule has 0 radical (unpaired) electrons. The monoisotopic (exact) mass is 223 g/mol. The van der Waals surface area contributed by atoms with Crippen LogP contribution in [0.2, 0.25) is 5.02 Å². The second-order valence-electron chi connectivity index (χ2n) is 2.97. The second kappa shape index (κ2) is 4.99. The van der Waals surface area contributed by atoms with Crippen molar-refractivity contribution in [2.24, 2.45) is 0 Å². The lowest BCUT2D eigenvalue weighted by Crippen LogP contribution is -1.79. The van der Waals surface area contributed by atoms with E-state index >= 15 is 0 Å². The minimum Gasteiger partial charge on any atom is -0.358 e. The Morgan fingerprint density at radius 3 is 2.60 bits per heavy atom. The summed E-state index contributed by atoms with van der Waals surface area (Å²) in [6.07, 6.45) is 0.852. The highest BCUT2D eigenvalue weighted by atomic mass is 35.5. The van der Waals surface area contributed by atoms with Gasteiger partial charge >= 0.3 is 0 Å². The maximum atomic E-state index is 10.8. The van der Waals surface area contributed by atoms with Gasteiger partial charge in [-0.1, -0.05) is 25.4 Å². The first-order valence-corrected chi connectivity index (χ1v) is 5.33. The number of H-pyrrole nitrogens is 1. The van der Waals surface area contributed by atoms with Crippen LogP contribution in [0, 0.1) is 6.92 Å². The van der Waals surface area contributed by atoms with Gasteiger partial charge in [-0.25, -0.2) is 0 Å². The van der Waals surface area contributed by atoms with Crippen LogP contribution in [0.5, 0.6) is 0 Å². The number of aromatic amines is 1. The summed E-state index contributed by atoms with van der Waals surface area (Å²) in [7, 11) is 0. The minimum atomic E-state index is 0.648. The molecule has 0 bridgehead atoms. The highest BCUT2D eigenvalue weighted by molar-refractivity contribution is 6.31. The molecule has 0 aliphatic rings. The van der Waals surface area contributed by atoms with E-state index in [9.17, 15) is 4.79 Å². The quantitative estimate of drug-likeness (QED) is 0.729. The van der Waals surface area contributed by atoms with Gasteiger partial charge in [0.05, 0.1) is 0 Å². The predicted molar refractivity (Wildman–Crippen MR) is 64.8 cm³/mol. The molecule has 80 valence electrons. The molecule has 0 saturated carbocycles. The lowest BCUT2D eigenvalue weighted by molar-refractivity contribution is 0.112. The van der Waals surface area contributed by atoms with Crippen molar-refractivity contribution in [2.45, 2.75) is 20.8 Å². The number of aldehydes is 1. The van der Waals surface area contributed by atoms with Crippen LogP contribution < -0.4 is 0 Å². The van der Waals surface area contributed by atoms with Crippen LogP contribution in [0.4, 0.5) is 0 Å². The Morgan fingerprint density at radius 2 is 2.00 bits per heavy atom. The number of carbonyl (C=O) groups excluding carboxylic acids is 1. The zero-order valence-electron chi connectivity index (χ0n) is 9.10. The smallest absolute Gasteiger partial charge is 0.152 e. The molecule has 0 saturated heterocycles. The lowest BCUT2D eigenvalue weighted by Gasteiger charge is -1.91. The normalized spacial score (nSPS) is 9.60. The Morgan fingerprint density at radius 1 is 1.33 bits per heavy atom. The predicted octanol–water partition coefficient (Wildman–Crippen LogP) is 3.97. The number of aryl methyl sites for hydroxylation is 1. The van der Waals surface area contributed by atoms with Gasteiger partial charge < -0.3 is 4.98 Å². The summed E-state index contributed by atoms with van der Waals surface area (Å²) in [5.41, 5.74) is 2.52. The number of hydrogen-bond acceptors (Lipinski definition) is 1. The van der Waals surface area contributed by atoms with E-state index < -0.39 is 0 Å². The standard InChI is InChI=1S/C10H8ClNO.C2H6/c1-6-9(5-13)8-4-7(11)2-3-10(8)12-6;1-2/h2-5,12H,1H3;1-2H3. The van der Waals surface area contributed by atoms with Crippen LogP contribution in [-0.4, -0.2) is 11.3 Å². The third kappa shape index (κ3) is 2.21. The maximum absolute atomic E-state index is 10.8. The first kappa shape index (κ1) is 11.8. The van der Waals surface area contributed by atoms with Crippen LogP contribution in [0.25, 0.3) is 10.9 Å². The van der Waals surface area contributed by atoms with Crippen molar-refractivity contribution in [2.75, 3.05) is 0 Å². The zero-order valence-corrected chi connectivity index (χ0v) is 9.85. The van der Waals surface area contributed by atoms with E-state index in [0.29, 0.717) is 10.6 Å². The van der Waals surface area contributed by atoms with E-state index in [4.69, 9.17) is 11.6 Å². The maximum Gasteiger partial charge on any atom is 0.152 e. The fraction of sp³-hybridized carbons (Fsp3) is 0.250. The Bertz CT molecular complexity index is 474. The molecule has 1 aromatic heterocycles. The van der Waals surface area contributed by atoms with Gasteiger partial charge in [0.25, 0.3) is 0 Å². The van der Waals surface area contributed by atoms with Gasteiger partial charge in [-0.2, -0.15) is 0 Å². The third-order valence-corrected chi connectivity index (χ3v) is 2.35. The molecule has 0 unspecified atom stereocenters. The van der Waals surface area contributed by atoms with Gasteiger partial charge in [-0.3, -0.25) is 4.79 Å². The third-order valence-electron chi connectivity index (χ3n) is 2.12. The number of aromatic nitrogens is 1. The fourth-order valence-corrected chi connectivity index (χ4v) is 1.64. The number of benzene rings is 1. The molecular formula is C12H14ClNO. The average molecular weight is 224 g/mol. The molecule has 2 nitrogen and oxygen atoms in total. The van der Waals surface area contributed by atoms with E-state index in [-0.39, 0.29) is 0 Å². The molecule has 1 aromatic carbocycles. The molecule has 0 spiro atoms. The number of rotatable bonds is 1. The van der Waals surface area contributed by atoms with E-state index in [2.05, 4.69) is 4.98 Å². The molecule has 3 heteroatoms. The van der Waals surface area contributed by atoms with Crippen LogP contribution in [0.1, 0.15) is 29.9 Å². The molecule has 15 heavy (non-hydrogen) atoms. The highest BCUT2D eigenvalue weighted by Gasteiger charge is 2.06. The Labute approximate surface area is 94.3 Å². The van der Waals surface area contributed by atoms with Gasteiger partial charge in [-0.15, -0.1) is 0 Å². The van der Waals surface area contributed by atoms with Crippen molar-refractivity contribution in [1.29, 1.82) is 0 Å². The molecule has 0 aliphatic carbocycles. The van der Waals surface area contributed by atoms with E-state index in [1.165, 1.54) is 0 Å². The summed E-state index contributed by atoms with van der Waals surface area (Å²) in [5, 5.41) is 1.54. The number of fused-ring (bicyclic) bond motifs is 1. The summed E-state index contributed by atoms with van der Waals surface area (Å²) >= 11 is 5.83. The molecule has 0 aliphatic heterocycles. The van der Waals surface area contributed by atoms with Crippen molar-refractivity contribution >= 4 is 28.8 Å². The molecular weight excluding hydrogens is 210 g/mol. The Balaban J connectivity index is 0.000000531. The van der Waals surface area contributed by atoms with Crippen LogP contribution >= 0.6 is 11.6 Å². The molecule has 0 amide bonds. The number of halogens is 1. The summed E-state index contributed by atoms with van der Waals surface area (Å²) in [4.78, 5) is 13.9. The van der Waals surface area contributed by atoms with Gasteiger partial charge in [0.2, 0.25) is 0 Å². The largest absolute Gasteiger partial charge is 0.358 e. The molecule has 1 N–H and O–H groups in total. The Kier molecular flexibility index (Phi) is 3.92. The minimum absolute atomic E-state index is 0.648. The summed E-state index contributed by atoms with van der Waals surface area (Å²) in [5.74, 6) is 0. The van der Waals surface area contributed by atoms with Gasteiger partial charge in [0.15, 0.2) is 6.29 Å². The van der Waals surface area contributed by atoms with Gasteiger partial charge in [-0.05, 0) is 25.1 Å². The zero-order chi connectivity index (χ0) is 11.4. The van der Waals surface area contributed by atoms with E-state index in [0.717, 1.165) is 22.9 Å². The number of nitrogens with one attached hydrogen (secondary N) is 1. The molecule has 0 atom stereocenters. The van der Waals surface area contributed by atoms with E-state index in [1.54, 1.807) is 12.1 Å². The first-order chi connectivity index (χ1) is 7.22. The lowest BCUT2D eigenvalue weighted by atomic mass is 10.1. The first-order valence-electron chi connectivity index (χ1n) is 4.95. The Hall–Kier alpha value is -1.28. The summed E-state index contributed by atoms with van der Waals surface area (Å²) in [6, 6.07) is 5.47. The molecule has 2 aromatic rings. The van der Waals surface area contributed by atoms with Crippen LogP contribution in [0.3, 0.4) is 0 Å². The van der Waals surface area contributed by atoms with Crippen molar-refractivity contribution in [3.05, 3.63) is 34.5 Å². The molecule has 0 fully saturated rings. The summed E-state index contributed by atoms with van der Waals surface area (Å²) < 4.78 is 0. The van der Waals surface area contributed by atoms with Crippen molar-refractivity contribution in [3.8, 4) is 0 Å². The van der Waals surface area contributed by atoms with Crippen molar-refractivity contribution < 1.29 is 4.79 Å². The van der Waals surface area contributed by atoms with Gasteiger partial charge in [0, 0.05) is 27.2 Å². The second-order valence-corrected chi connectivity index (χ2v) is 3.41. The van der Waals surface area contributed by atoms with Crippen LogP contribution in [0.15, 0.2) is 18.2 Å². The summed E-state index contributed by atoms with van der Waals surface area (Å²) in [6.45, 7) is 5.87. The SMILES string of the molecule is CC.Cc1[nH]c2ccc(Cl)cc2c1C=O. The topological polar surface area (TPSA) is 32.9 Å². The van der Waals surface area contributed by atoms with Crippen molar-refractivity contribution in [3.63, 3.8) is 0 Å². The highest BCUT2D eigenvalue weighted by Crippen LogP contribution is 2.23. The van der Waals surface area contributed by atoms with Gasteiger partial charge in [0.1, 0.15) is 0 Å². The number of hydrogen-bond donors (Lipinski definition) is 1. The van der Waals surface area contributed by atoms with Crippen molar-refractivity contribution in [1.82, 2.24) is 4.98 Å². The molecule has 1 heterocycles.